The van der Waals surface area contributed by atoms with Gasteiger partial charge in [0.05, 0.1) is 28.8 Å². The van der Waals surface area contributed by atoms with Crippen molar-refractivity contribution in [1.82, 2.24) is 20.1 Å². The summed E-state index contributed by atoms with van der Waals surface area (Å²) in [6.07, 6.45) is 0. The number of carbonyl (C=O) groups is 1. The first kappa shape index (κ1) is 24.5. The third-order valence-electron chi connectivity index (χ3n) is 7.14. The van der Waals surface area contributed by atoms with Crippen LogP contribution in [0.2, 0.25) is 0 Å². The molecule has 0 spiro atoms. The van der Waals surface area contributed by atoms with E-state index in [0.717, 1.165) is 33.8 Å². The Kier molecular flexibility index (Phi) is 6.93. The number of rotatable bonds is 8. The zero-order valence-electron chi connectivity index (χ0n) is 21.7. The van der Waals surface area contributed by atoms with Crippen molar-refractivity contribution in [3.63, 3.8) is 0 Å². The van der Waals surface area contributed by atoms with E-state index in [1.165, 1.54) is 16.5 Å². The Bertz CT molecular complexity index is 1520. The van der Waals surface area contributed by atoms with Gasteiger partial charge in [0.15, 0.2) is 0 Å². The van der Waals surface area contributed by atoms with Crippen molar-refractivity contribution >= 4 is 22.5 Å². The molecular weight excluding hydrogens is 458 g/mol. The quantitative estimate of drug-likeness (QED) is 0.252. The fourth-order valence-corrected chi connectivity index (χ4v) is 5.00. The Morgan fingerprint density at radius 1 is 0.946 bits per heavy atom. The third-order valence-corrected chi connectivity index (χ3v) is 7.14. The van der Waals surface area contributed by atoms with E-state index < -0.39 is 6.04 Å². The van der Waals surface area contributed by atoms with Crippen molar-refractivity contribution in [3.8, 4) is 11.3 Å². The number of fused-ring (bicyclic) bond motifs is 1. The summed E-state index contributed by atoms with van der Waals surface area (Å²) < 4.78 is 1.79. The second-order valence-electron chi connectivity index (χ2n) is 9.58. The minimum atomic E-state index is -0.393. The third kappa shape index (κ3) is 4.93. The lowest BCUT2D eigenvalue weighted by atomic mass is 9.87. The van der Waals surface area contributed by atoms with E-state index in [0.29, 0.717) is 6.54 Å². The van der Waals surface area contributed by atoms with Gasteiger partial charge >= 0.3 is 0 Å². The van der Waals surface area contributed by atoms with Crippen LogP contribution in [0.5, 0.6) is 0 Å². The highest BCUT2D eigenvalue weighted by Crippen LogP contribution is 2.38. The molecule has 1 amide bonds. The van der Waals surface area contributed by atoms with Crippen LogP contribution in [0.15, 0.2) is 84.9 Å². The topological polar surface area (TPSA) is 74.7 Å². The van der Waals surface area contributed by atoms with E-state index in [4.69, 9.17) is 0 Å². The Balaban J connectivity index is 1.48. The van der Waals surface area contributed by atoms with Crippen molar-refractivity contribution < 1.29 is 4.79 Å². The van der Waals surface area contributed by atoms with E-state index in [1.54, 1.807) is 4.68 Å². The summed E-state index contributed by atoms with van der Waals surface area (Å²) in [5.41, 5.74) is 8.31. The van der Waals surface area contributed by atoms with E-state index in [9.17, 15) is 4.79 Å². The average molecular weight is 492 g/mol. The lowest BCUT2D eigenvalue weighted by Crippen LogP contribution is -2.40. The van der Waals surface area contributed by atoms with Crippen LogP contribution in [0.3, 0.4) is 0 Å². The number of hydrogen-bond donors (Lipinski definition) is 3. The molecular formula is C31H33N5O. The molecule has 3 N–H and O–H groups in total. The molecule has 37 heavy (non-hydrogen) atoms. The zero-order chi connectivity index (χ0) is 25.9. The molecule has 3 aromatic carbocycles. The molecule has 0 radical (unpaired) electrons. The number of amides is 1. The summed E-state index contributed by atoms with van der Waals surface area (Å²) in [6.45, 7) is 6.38. The van der Waals surface area contributed by atoms with E-state index in [-0.39, 0.29) is 11.8 Å². The Labute approximate surface area is 217 Å². The Hall–Kier alpha value is -4.16. The SMILES string of the molecule is Cc1nn(C)c(C)c1NC(=O)[C@H](C)NC[C@H](c1ccccc1)c1c(-c2ccccc2)[nH]c2ccccc12. The summed E-state index contributed by atoms with van der Waals surface area (Å²) in [5.74, 6) is -0.0436. The minimum Gasteiger partial charge on any atom is -0.354 e. The van der Waals surface area contributed by atoms with Crippen LogP contribution in [-0.2, 0) is 11.8 Å². The number of para-hydroxylation sites is 1. The fourth-order valence-electron chi connectivity index (χ4n) is 5.00. The van der Waals surface area contributed by atoms with Gasteiger partial charge in [-0.25, -0.2) is 0 Å². The van der Waals surface area contributed by atoms with Gasteiger partial charge in [0.25, 0.3) is 0 Å². The van der Waals surface area contributed by atoms with Gasteiger partial charge in [0.2, 0.25) is 5.91 Å². The lowest BCUT2D eigenvalue weighted by molar-refractivity contribution is -0.117. The molecule has 0 unspecified atom stereocenters. The number of aromatic amines is 1. The van der Waals surface area contributed by atoms with Crippen molar-refractivity contribution in [2.75, 3.05) is 11.9 Å². The summed E-state index contributed by atoms with van der Waals surface area (Å²) >= 11 is 0. The van der Waals surface area contributed by atoms with Crippen LogP contribution < -0.4 is 10.6 Å². The molecule has 5 rings (SSSR count). The van der Waals surface area contributed by atoms with Crippen LogP contribution in [0.25, 0.3) is 22.2 Å². The van der Waals surface area contributed by atoms with Gasteiger partial charge in [0.1, 0.15) is 0 Å². The molecule has 2 heterocycles. The highest BCUT2D eigenvalue weighted by atomic mass is 16.2. The monoisotopic (exact) mass is 491 g/mol. The highest BCUT2D eigenvalue weighted by Gasteiger charge is 2.25. The van der Waals surface area contributed by atoms with Crippen LogP contribution in [-0.4, -0.2) is 33.3 Å². The number of H-pyrrole nitrogens is 1. The van der Waals surface area contributed by atoms with Gasteiger partial charge in [-0.15, -0.1) is 0 Å². The number of benzene rings is 3. The van der Waals surface area contributed by atoms with Gasteiger partial charge in [0, 0.05) is 30.4 Å². The van der Waals surface area contributed by atoms with Crippen molar-refractivity contribution in [1.29, 1.82) is 0 Å². The molecule has 0 saturated carbocycles. The smallest absolute Gasteiger partial charge is 0.241 e. The standard InChI is InChI=1S/C31H33N5O/c1-20-29(22(3)36(4)35-20)34-31(37)21(2)32-19-26(23-13-7-5-8-14-23)28-25-17-11-12-18-27(25)33-30(28)24-15-9-6-10-16-24/h5-18,21,26,32-33H,19H2,1-4H3,(H,34,37)/t21-,26+/m0/s1. The van der Waals surface area contributed by atoms with Gasteiger partial charge < -0.3 is 15.6 Å². The Morgan fingerprint density at radius 2 is 1.59 bits per heavy atom. The molecule has 0 fully saturated rings. The van der Waals surface area contributed by atoms with Crippen LogP contribution in [0, 0.1) is 13.8 Å². The van der Waals surface area contributed by atoms with E-state index >= 15 is 0 Å². The number of anilines is 1. The summed E-state index contributed by atoms with van der Waals surface area (Å²) in [6, 6.07) is 29.0. The molecule has 0 aliphatic heterocycles. The molecule has 0 aliphatic rings. The van der Waals surface area contributed by atoms with Crippen molar-refractivity contribution in [2.24, 2.45) is 7.05 Å². The summed E-state index contributed by atoms with van der Waals surface area (Å²) in [4.78, 5) is 16.8. The molecule has 2 aromatic heterocycles. The largest absolute Gasteiger partial charge is 0.354 e. The second kappa shape index (κ2) is 10.4. The predicted molar refractivity (Wildman–Crippen MR) is 151 cm³/mol. The van der Waals surface area contributed by atoms with Crippen LogP contribution >= 0.6 is 0 Å². The number of carbonyl (C=O) groups excluding carboxylic acids is 1. The van der Waals surface area contributed by atoms with Gasteiger partial charge in [-0.1, -0.05) is 78.9 Å². The van der Waals surface area contributed by atoms with Crippen LogP contribution in [0.1, 0.15) is 35.4 Å². The van der Waals surface area contributed by atoms with Gasteiger partial charge in [-0.2, -0.15) is 5.10 Å². The fraction of sp³-hybridized carbons (Fsp3) is 0.226. The molecule has 5 aromatic rings. The maximum Gasteiger partial charge on any atom is 0.241 e. The average Bonchev–Trinajstić information content (AvgIpc) is 3.42. The first-order valence-corrected chi connectivity index (χ1v) is 12.7. The van der Waals surface area contributed by atoms with Crippen LogP contribution in [0.4, 0.5) is 5.69 Å². The Morgan fingerprint density at radius 3 is 2.27 bits per heavy atom. The van der Waals surface area contributed by atoms with Crippen molar-refractivity contribution in [2.45, 2.75) is 32.7 Å². The normalized spacial score (nSPS) is 13.0. The lowest BCUT2D eigenvalue weighted by Gasteiger charge is -2.23. The first-order valence-electron chi connectivity index (χ1n) is 12.7. The molecule has 6 heteroatoms. The summed E-state index contributed by atoms with van der Waals surface area (Å²) in [7, 11) is 1.88. The minimum absolute atomic E-state index is 0.0321. The zero-order valence-corrected chi connectivity index (χ0v) is 21.7. The summed E-state index contributed by atoms with van der Waals surface area (Å²) in [5, 5.41) is 12.2. The number of aromatic nitrogens is 3. The number of nitrogens with zero attached hydrogens (tertiary/aromatic N) is 2. The molecule has 188 valence electrons. The maximum atomic E-state index is 13.1. The number of hydrogen-bond acceptors (Lipinski definition) is 3. The van der Waals surface area contributed by atoms with E-state index in [1.807, 2.05) is 40.0 Å². The highest BCUT2D eigenvalue weighted by molar-refractivity contribution is 5.95. The van der Waals surface area contributed by atoms with Gasteiger partial charge in [-0.05, 0) is 43.5 Å². The number of nitrogens with one attached hydrogen (secondary N) is 3. The molecule has 2 atom stereocenters. The molecule has 0 aliphatic carbocycles. The number of aryl methyl sites for hydroxylation is 2. The molecule has 0 bridgehead atoms. The molecule has 6 nitrogen and oxygen atoms in total. The predicted octanol–water partition coefficient (Wildman–Crippen LogP) is 5.93. The maximum absolute atomic E-state index is 13.1. The van der Waals surface area contributed by atoms with Gasteiger partial charge in [-0.3, -0.25) is 9.48 Å². The second-order valence-corrected chi connectivity index (χ2v) is 9.58. The van der Waals surface area contributed by atoms with Crippen molar-refractivity contribution in [3.05, 3.63) is 107 Å². The first-order chi connectivity index (χ1) is 17.9. The molecule has 0 saturated heterocycles. The van der Waals surface area contributed by atoms with E-state index in [2.05, 4.69) is 93.5 Å².